The minimum Gasteiger partial charge on any atom is -0.368 e. The number of anilines is 2. The first kappa shape index (κ1) is 12.2. The molecule has 0 spiro atoms. The Morgan fingerprint density at radius 3 is 2.39 bits per heavy atom. The van der Waals surface area contributed by atoms with Crippen LogP contribution in [-0.2, 0) is 10.3 Å². The van der Waals surface area contributed by atoms with E-state index in [1.54, 1.807) is 29.0 Å². The van der Waals surface area contributed by atoms with E-state index in [9.17, 15) is 8.42 Å². The summed E-state index contributed by atoms with van der Waals surface area (Å²) < 4.78 is 31.7. The SMILES string of the molecule is Nc1nc(NS(=O)(=O)O)nc(-c2ccccc2)n1. The highest BCUT2D eigenvalue weighted by molar-refractivity contribution is 7.87. The Labute approximate surface area is 103 Å². The van der Waals surface area contributed by atoms with Crippen molar-refractivity contribution in [3.05, 3.63) is 30.3 Å². The second-order valence-electron chi connectivity index (χ2n) is 3.28. The van der Waals surface area contributed by atoms with Crippen LogP contribution in [0.25, 0.3) is 11.4 Å². The van der Waals surface area contributed by atoms with Gasteiger partial charge in [-0.1, -0.05) is 30.3 Å². The zero-order valence-corrected chi connectivity index (χ0v) is 9.79. The second kappa shape index (κ2) is 4.55. The van der Waals surface area contributed by atoms with E-state index < -0.39 is 10.3 Å². The van der Waals surface area contributed by atoms with Crippen molar-refractivity contribution in [3.63, 3.8) is 0 Å². The third kappa shape index (κ3) is 3.12. The van der Waals surface area contributed by atoms with Crippen LogP contribution in [0.15, 0.2) is 30.3 Å². The summed E-state index contributed by atoms with van der Waals surface area (Å²) in [6.45, 7) is 0. The molecule has 0 unspecified atom stereocenters. The molecule has 0 fully saturated rings. The molecule has 1 aromatic heterocycles. The maximum atomic E-state index is 10.7. The first-order valence-corrected chi connectivity index (χ1v) is 6.20. The predicted molar refractivity (Wildman–Crippen MR) is 64.8 cm³/mol. The molecule has 0 saturated carbocycles. The minimum absolute atomic E-state index is 0.157. The van der Waals surface area contributed by atoms with Gasteiger partial charge in [0.25, 0.3) is 0 Å². The minimum atomic E-state index is -4.45. The number of nitrogen functional groups attached to an aromatic ring is 1. The average Bonchev–Trinajstić information content (AvgIpc) is 2.27. The van der Waals surface area contributed by atoms with Crippen molar-refractivity contribution in [1.82, 2.24) is 15.0 Å². The number of aromatic nitrogens is 3. The smallest absolute Gasteiger partial charge is 0.359 e. The standard InChI is InChI=1S/C9H9N5O3S/c10-8-11-7(6-4-2-1-3-5-6)12-9(13-8)14-18(15,16)17/h1-5H,(H,15,16,17)(H3,10,11,12,13,14). The highest BCUT2D eigenvalue weighted by Gasteiger charge is 2.11. The van der Waals surface area contributed by atoms with Crippen LogP contribution in [0, 0.1) is 0 Å². The Morgan fingerprint density at radius 2 is 1.78 bits per heavy atom. The zero-order chi connectivity index (χ0) is 13.2. The molecule has 0 aliphatic heterocycles. The summed E-state index contributed by atoms with van der Waals surface area (Å²) >= 11 is 0. The van der Waals surface area contributed by atoms with Crippen LogP contribution in [0.5, 0.6) is 0 Å². The molecular formula is C9H9N5O3S. The van der Waals surface area contributed by atoms with Gasteiger partial charge in [0.05, 0.1) is 0 Å². The fourth-order valence-electron chi connectivity index (χ4n) is 1.27. The predicted octanol–water partition coefficient (Wildman–Crippen LogP) is 0.335. The van der Waals surface area contributed by atoms with Gasteiger partial charge in [-0.25, -0.2) is 4.72 Å². The van der Waals surface area contributed by atoms with Crippen LogP contribution in [-0.4, -0.2) is 27.9 Å². The van der Waals surface area contributed by atoms with Crippen LogP contribution in [0.4, 0.5) is 11.9 Å². The molecule has 1 aromatic carbocycles. The highest BCUT2D eigenvalue weighted by atomic mass is 32.2. The van der Waals surface area contributed by atoms with E-state index in [1.165, 1.54) is 0 Å². The molecule has 0 bridgehead atoms. The van der Waals surface area contributed by atoms with E-state index in [2.05, 4.69) is 15.0 Å². The molecule has 0 radical (unpaired) electrons. The van der Waals surface area contributed by atoms with E-state index >= 15 is 0 Å². The Bertz CT molecular complexity index is 659. The molecule has 0 amide bonds. The van der Waals surface area contributed by atoms with Crippen LogP contribution in [0.2, 0.25) is 0 Å². The van der Waals surface area contributed by atoms with E-state index in [1.807, 2.05) is 6.07 Å². The fraction of sp³-hybridized carbons (Fsp3) is 0. The van der Waals surface area contributed by atoms with Gasteiger partial charge in [-0.3, -0.25) is 4.55 Å². The second-order valence-corrected chi connectivity index (χ2v) is 4.44. The number of rotatable bonds is 3. The lowest BCUT2D eigenvalue weighted by molar-refractivity contribution is 0.489. The third-order valence-electron chi connectivity index (χ3n) is 1.90. The van der Waals surface area contributed by atoms with E-state index in [0.29, 0.717) is 5.56 Å². The van der Waals surface area contributed by atoms with Crippen molar-refractivity contribution < 1.29 is 13.0 Å². The van der Waals surface area contributed by atoms with Crippen LogP contribution >= 0.6 is 0 Å². The molecule has 94 valence electrons. The Hall–Kier alpha value is -2.26. The molecule has 8 nitrogen and oxygen atoms in total. The van der Waals surface area contributed by atoms with Crippen molar-refractivity contribution in [2.75, 3.05) is 10.5 Å². The van der Waals surface area contributed by atoms with Gasteiger partial charge in [-0.15, -0.1) is 0 Å². The van der Waals surface area contributed by atoms with Gasteiger partial charge < -0.3 is 5.73 Å². The summed E-state index contributed by atoms with van der Waals surface area (Å²) in [5, 5.41) is 0. The number of nitrogens with zero attached hydrogens (tertiary/aromatic N) is 3. The summed E-state index contributed by atoms with van der Waals surface area (Å²) in [6.07, 6.45) is 0. The number of hydrogen-bond donors (Lipinski definition) is 3. The molecule has 2 rings (SSSR count). The monoisotopic (exact) mass is 267 g/mol. The quantitative estimate of drug-likeness (QED) is 0.683. The molecular weight excluding hydrogens is 258 g/mol. The lowest BCUT2D eigenvalue weighted by Gasteiger charge is -2.04. The number of nitrogens with one attached hydrogen (secondary N) is 1. The number of nitrogens with two attached hydrogens (primary N) is 1. The summed E-state index contributed by atoms with van der Waals surface area (Å²) in [4.78, 5) is 11.3. The summed E-state index contributed by atoms with van der Waals surface area (Å²) in [5.74, 6) is -0.298. The van der Waals surface area contributed by atoms with Crippen molar-refractivity contribution in [2.24, 2.45) is 0 Å². The van der Waals surface area contributed by atoms with Crippen LogP contribution in [0.3, 0.4) is 0 Å². The lowest BCUT2D eigenvalue weighted by Crippen LogP contribution is -2.14. The average molecular weight is 267 g/mol. The van der Waals surface area contributed by atoms with Crippen molar-refractivity contribution in [1.29, 1.82) is 0 Å². The van der Waals surface area contributed by atoms with Crippen molar-refractivity contribution in [2.45, 2.75) is 0 Å². The Balaban J connectivity index is 2.45. The first-order chi connectivity index (χ1) is 8.44. The molecule has 4 N–H and O–H groups in total. The summed E-state index contributed by atoms with van der Waals surface area (Å²) in [6, 6.07) is 8.81. The van der Waals surface area contributed by atoms with Crippen molar-refractivity contribution in [3.8, 4) is 11.4 Å². The van der Waals surface area contributed by atoms with Gasteiger partial charge in [0, 0.05) is 5.56 Å². The maximum absolute atomic E-state index is 10.7. The van der Waals surface area contributed by atoms with E-state index in [-0.39, 0.29) is 17.7 Å². The molecule has 0 aliphatic rings. The van der Waals surface area contributed by atoms with E-state index in [4.69, 9.17) is 10.3 Å². The van der Waals surface area contributed by atoms with Gasteiger partial charge in [-0.2, -0.15) is 23.4 Å². The molecule has 0 atom stereocenters. The number of hydrogen-bond acceptors (Lipinski definition) is 6. The molecule has 9 heteroatoms. The Morgan fingerprint density at radius 1 is 1.11 bits per heavy atom. The topological polar surface area (TPSA) is 131 Å². The maximum Gasteiger partial charge on any atom is 0.359 e. The normalized spacial score (nSPS) is 11.2. The Kier molecular flexibility index (Phi) is 3.08. The van der Waals surface area contributed by atoms with Gasteiger partial charge in [0.2, 0.25) is 11.9 Å². The third-order valence-corrected chi connectivity index (χ3v) is 2.35. The van der Waals surface area contributed by atoms with Gasteiger partial charge >= 0.3 is 10.3 Å². The van der Waals surface area contributed by atoms with Gasteiger partial charge in [-0.05, 0) is 0 Å². The highest BCUT2D eigenvalue weighted by Crippen LogP contribution is 2.16. The molecule has 18 heavy (non-hydrogen) atoms. The molecule has 0 aliphatic carbocycles. The molecule has 1 heterocycles. The first-order valence-electron chi connectivity index (χ1n) is 4.76. The van der Waals surface area contributed by atoms with Gasteiger partial charge in [0.1, 0.15) is 0 Å². The summed E-state index contributed by atoms with van der Waals surface area (Å²) in [5.41, 5.74) is 6.08. The van der Waals surface area contributed by atoms with Gasteiger partial charge in [0.15, 0.2) is 5.82 Å². The van der Waals surface area contributed by atoms with Crippen LogP contribution < -0.4 is 10.5 Å². The lowest BCUT2D eigenvalue weighted by atomic mass is 10.2. The van der Waals surface area contributed by atoms with Crippen molar-refractivity contribution >= 4 is 22.2 Å². The number of benzene rings is 1. The zero-order valence-electron chi connectivity index (χ0n) is 8.98. The molecule has 2 aromatic rings. The van der Waals surface area contributed by atoms with Crippen LogP contribution in [0.1, 0.15) is 0 Å². The largest absolute Gasteiger partial charge is 0.368 e. The fourth-order valence-corrected chi connectivity index (χ4v) is 1.59. The molecule has 0 saturated heterocycles. The van der Waals surface area contributed by atoms with E-state index in [0.717, 1.165) is 0 Å². The summed E-state index contributed by atoms with van der Waals surface area (Å²) in [7, 11) is -4.45.